The van der Waals surface area contributed by atoms with Gasteiger partial charge in [0.15, 0.2) is 0 Å². The first-order chi connectivity index (χ1) is 10.9. The molecule has 1 atom stereocenters. The molecule has 0 spiro atoms. The van der Waals surface area contributed by atoms with Gasteiger partial charge in [-0.05, 0) is 55.2 Å². The summed E-state index contributed by atoms with van der Waals surface area (Å²) in [5, 5.41) is 12.3. The van der Waals surface area contributed by atoms with Crippen molar-refractivity contribution < 1.29 is 14.3 Å². The van der Waals surface area contributed by atoms with E-state index < -0.39 is 12.0 Å². The Morgan fingerprint density at radius 1 is 1.30 bits per heavy atom. The van der Waals surface area contributed by atoms with E-state index in [0.717, 1.165) is 27.1 Å². The first-order valence-corrected chi connectivity index (χ1v) is 8.47. The molecule has 1 aromatic carbocycles. The van der Waals surface area contributed by atoms with Crippen molar-refractivity contribution in [2.75, 3.05) is 0 Å². The molecule has 1 aromatic heterocycles. The first kappa shape index (κ1) is 17.8. The topological polar surface area (TPSA) is 62.5 Å². The van der Waals surface area contributed by atoms with E-state index in [9.17, 15) is 9.90 Å². The molecular formula is C18H22BrNO3. The zero-order valence-corrected chi connectivity index (χ0v) is 15.2. The van der Waals surface area contributed by atoms with Gasteiger partial charge < -0.3 is 9.52 Å². The number of benzene rings is 1. The molecule has 2 N–H and O–H groups in total. The van der Waals surface area contributed by atoms with Gasteiger partial charge in [0.1, 0.15) is 17.6 Å². The van der Waals surface area contributed by atoms with E-state index in [1.54, 1.807) is 0 Å². The molecule has 1 unspecified atom stereocenters. The van der Waals surface area contributed by atoms with Gasteiger partial charge in [-0.15, -0.1) is 0 Å². The highest BCUT2D eigenvalue weighted by atomic mass is 79.9. The van der Waals surface area contributed by atoms with Crippen molar-refractivity contribution in [1.82, 2.24) is 5.32 Å². The molecule has 0 amide bonds. The molecule has 0 radical (unpaired) electrons. The smallest absolute Gasteiger partial charge is 0.320 e. The van der Waals surface area contributed by atoms with Crippen LogP contribution in [-0.4, -0.2) is 17.1 Å². The molecule has 0 bridgehead atoms. The van der Waals surface area contributed by atoms with Crippen LogP contribution >= 0.6 is 15.9 Å². The number of hydrogen-bond acceptors (Lipinski definition) is 3. The normalized spacial score (nSPS) is 12.6. The van der Waals surface area contributed by atoms with Crippen LogP contribution in [0.3, 0.4) is 0 Å². The van der Waals surface area contributed by atoms with E-state index in [1.165, 1.54) is 0 Å². The zero-order valence-electron chi connectivity index (χ0n) is 13.6. The summed E-state index contributed by atoms with van der Waals surface area (Å²) in [5.74, 6) is 1.02. The van der Waals surface area contributed by atoms with Gasteiger partial charge in [-0.1, -0.05) is 29.8 Å². The van der Waals surface area contributed by atoms with E-state index in [0.29, 0.717) is 18.9 Å². The van der Waals surface area contributed by atoms with Crippen LogP contribution in [0, 0.1) is 12.8 Å². The van der Waals surface area contributed by atoms with Gasteiger partial charge in [-0.2, -0.15) is 0 Å². The highest BCUT2D eigenvalue weighted by Crippen LogP contribution is 2.27. The summed E-state index contributed by atoms with van der Waals surface area (Å²) in [7, 11) is 0. The number of carboxylic acids is 1. The number of aryl methyl sites for hydroxylation is 1. The average molecular weight is 380 g/mol. The number of nitrogens with one attached hydrogen (secondary N) is 1. The summed E-state index contributed by atoms with van der Waals surface area (Å²) in [5.41, 5.74) is 2.16. The maximum atomic E-state index is 11.3. The molecule has 2 aromatic rings. The lowest BCUT2D eigenvalue weighted by molar-refractivity contribution is -0.140. The SMILES string of the molecule is Cc1cc(Br)ccc1-c1ccc(CNC(CC(C)C)C(=O)O)o1. The van der Waals surface area contributed by atoms with Crippen molar-refractivity contribution in [1.29, 1.82) is 0 Å². The summed E-state index contributed by atoms with van der Waals surface area (Å²) < 4.78 is 6.89. The van der Waals surface area contributed by atoms with Crippen molar-refractivity contribution in [3.63, 3.8) is 0 Å². The second-order valence-corrected chi connectivity index (χ2v) is 7.04. The Balaban J connectivity index is 2.06. The molecule has 0 fully saturated rings. The van der Waals surface area contributed by atoms with Gasteiger partial charge in [0, 0.05) is 10.0 Å². The van der Waals surface area contributed by atoms with Crippen LogP contribution in [0.2, 0.25) is 0 Å². The minimum absolute atomic E-state index is 0.321. The predicted molar refractivity (Wildman–Crippen MR) is 94.3 cm³/mol. The molecule has 1 heterocycles. The predicted octanol–water partition coefficient (Wildman–Crippen LogP) is 4.61. The van der Waals surface area contributed by atoms with Gasteiger partial charge in [0.25, 0.3) is 0 Å². The molecule has 0 aliphatic rings. The third-order valence-electron chi connectivity index (χ3n) is 3.64. The third-order valence-corrected chi connectivity index (χ3v) is 4.14. The lowest BCUT2D eigenvalue weighted by atomic mass is 10.0. The van der Waals surface area contributed by atoms with Gasteiger partial charge in [-0.3, -0.25) is 10.1 Å². The van der Waals surface area contributed by atoms with Crippen LogP contribution in [0.1, 0.15) is 31.6 Å². The number of carbonyl (C=O) groups is 1. The molecule has 0 saturated carbocycles. The van der Waals surface area contributed by atoms with Crippen LogP contribution in [0.5, 0.6) is 0 Å². The van der Waals surface area contributed by atoms with Gasteiger partial charge >= 0.3 is 5.97 Å². The Labute approximate surface area is 145 Å². The van der Waals surface area contributed by atoms with Crippen LogP contribution in [0.25, 0.3) is 11.3 Å². The largest absolute Gasteiger partial charge is 0.480 e. The Hall–Kier alpha value is -1.59. The molecule has 4 nitrogen and oxygen atoms in total. The van der Waals surface area contributed by atoms with Gasteiger partial charge in [-0.25, -0.2) is 0 Å². The lowest BCUT2D eigenvalue weighted by Crippen LogP contribution is -2.37. The average Bonchev–Trinajstić information content (AvgIpc) is 2.91. The van der Waals surface area contributed by atoms with Crippen molar-refractivity contribution in [3.8, 4) is 11.3 Å². The maximum absolute atomic E-state index is 11.3. The first-order valence-electron chi connectivity index (χ1n) is 7.68. The molecule has 2 rings (SSSR count). The number of rotatable bonds is 7. The molecule has 0 saturated heterocycles. The van der Waals surface area contributed by atoms with Crippen molar-refractivity contribution in [3.05, 3.63) is 46.1 Å². The van der Waals surface area contributed by atoms with Crippen molar-refractivity contribution in [2.24, 2.45) is 5.92 Å². The molecular weight excluding hydrogens is 358 g/mol. The number of carboxylic acid groups (broad SMARTS) is 1. The Morgan fingerprint density at radius 3 is 2.65 bits per heavy atom. The van der Waals surface area contributed by atoms with Crippen molar-refractivity contribution >= 4 is 21.9 Å². The summed E-state index contributed by atoms with van der Waals surface area (Å²) in [6, 6.07) is 9.28. The van der Waals surface area contributed by atoms with E-state index in [-0.39, 0.29) is 0 Å². The fourth-order valence-corrected chi connectivity index (χ4v) is 2.96. The van der Waals surface area contributed by atoms with Gasteiger partial charge in [0.2, 0.25) is 0 Å². The molecule has 0 aliphatic heterocycles. The Morgan fingerprint density at radius 2 is 2.04 bits per heavy atom. The second kappa shape index (κ2) is 7.79. The fourth-order valence-electron chi connectivity index (χ4n) is 2.49. The van der Waals surface area contributed by atoms with Crippen LogP contribution in [0.4, 0.5) is 0 Å². The Kier molecular flexibility index (Phi) is 6.02. The standard InChI is InChI=1S/C18H22BrNO3/c1-11(2)8-16(18(21)22)20-10-14-5-7-17(23-14)15-6-4-13(19)9-12(15)3/h4-7,9,11,16,20H,8,10H2,1-3H3,(H,21,22). The summed E-state index contributed by atoms with van der Waals surface area (Å²) in [6.45, 7) is 6.46. The molecule has 0 aliphatic carbocycles. The molecule has 124 valence electrons. The molecule has 5 heteroatoms. The van der Waals surface area contributed by atoms with Crippen molar-refractivity contribution in [2.45, 2.75) is 39.8 Å². The summed E-state index contributed by atoms with van der Waals surface area (Å²) >= 11 is 3.45. The van der Waals surface area contributed by atoms with Crippen LogP contribution < -0.4 is 5.32 Å². The fraction of sp³-hybridized carbons (Fsp3) is 0.389. The van der Waals surface area contributed by atoms with Crippen LogP contribution in [-0.2, 0) is 11.3 Å². The summed E-state index contributed by atoms with van der Waals surface area (Å²) in [4.78, 5) is 11.3. The van der Waals surface area contributed by atoms with E-state index >= 15 is 0 Å². The third kappa shape index (κ3) is 4.94. The quantitative estimate of drug-likeness (QED) is 0.737. The maximum Gasteiger partial charge on any atom is 0.320 e. The number of hydrogen-bond donors (Lipinski definition) is 2. The highest BCUT2D eigenvalue weighted by Gasteiger charge is 2.18. The lowest BCUT2D eigenvalue weighted by Gasteiger charge is -2.15. The van der Waals surface area contributed by atoms with E-state index in [2.05, 4.69) is 21.2 Å². The van der Waals surface area contributed by atoms with E-state index in [1.807, 2.05) is 51.1 Å². The second-order valence-electron chi connectivity index (χ2n) is 6.13. The molecule has 23 heavy (non-hydrogen) atoms. The van der Waals surface area contributed by atoms with Gasteiger partial charge in [0.05, 0.1) is 6.54 Å². The highest BCUT2D eigenvalue weighted by molar-refractivity contribution is 9.10. The van der Waals surface area contributed by atoms with Crippen LogP contribution in [0.15, 0.2) is 39.2 Å². The number of halogens is 1. The number of aliphatic carboxylic acids is 1. The number of furan rings is 1. The zero-order chi connectivity index (χ0) is 17.0. The minimum Gasteiger partial charge on any atom is -0.480 e. The van der Waals surface area contributed by atoms with E-state index in [4.69, 9.17) is 4.42 Å². The Bertz CT molecular complexity index is 679. The minimum atomic E-state index is -0.825. The summed E-state index contributed by atoms with van der Waals surface area (Å²) in [6.07, 6.45) is 0.592. The monoisotopic (exact) mass is 379 g/mol.